The number of ketones is 2. The Labute approximate surface area is 711 Å². The number of benzene rings is 10. The third-order valence-electron chi connectivity index (χ3n) is 18.3. The molecular formula is C92H113NaO22S2. The van der Waals surface area contributed by atoms with Crippen LogP contribution < -0.4 is 53.2 Å². The maximum Gasteiger partial charge on any atom is 1.00 e. The Hall–Kier alpha value is -10.4. The average Bonchev–Trinajstić information content (AvgIpc) is 0.843. The van der Waals surface area contributed by atoms with Crippen LogP contribution in [0, 0.1) is 69.2 Å². The van der Waals surface area contributed by atoms with Gasteiger partial charge in [0.05, 0.1) is 49.7 Å². The van der Waals surface area contributed by atoms with Gasteiger partial charge in [-0.1, -0.05) is 59.7 Å². The molecular weight excluding hydrogens is 1540 g/mol. The number of sulfone groups is 1. The van der Waals surface area contributed by atoms with Crippen LogP contribution >= 0.6 is 0 Å². The molecule has 117 heavy (non-hydrogen) atoms. The molecule has 0 spiro atoms. The van der Waals surface area contributed by atoms with E-state index in [0.717, 1.165) is 68.0 Å². The number of hydrogen-bond acceptors (Lipinski definition) is 22. The topological polar surface area (TPSA) is 363 Å². The smallest absolute Gasteiger partial charge is 0.744 e. The summed E-state index contributed by atoms with van der Waals surface area (Å²) in [4.78, 5) is 21.9. The van der Waals surface area contributed by atoms with Gasteiger partial charge in [-0.3, -0.25) is 9.59 Å². The van der Waals surface area contributed by atoms with Crippen molar-refractivity contribution in [2.75, 3.05) is 48.3 Å². The van der Waals surface area contributed by atoms with Crippen LogP contribution in [0.4, 0.5) is 0 Å². The summed E-state index contributed by atoms with van der Waals surface area (Å²) >= 11 is 0. The third kappa shape index (κ3) is 29.6. The van der Waals surface area contributed by atoms with Gasteiger partial charge in [0.2, 0.25) is 9.84 Å². The van der Waals surface area contributed by atoms with Crippen LogP contribution in [-0.2, 0) is 48.4 Å². The van der Waals surface area contributed by atoms with Gasteiger partial charge in [-0.2, -0.15) is 0 Å². The van der Waals surface area contributed by atoms with E-state index in [2.05, 4.69) is 0 Å². The van der Waals surface area contributed by atoms with E-state index in [1.165, 1.54) is 52.0 Å². The van der Waals surface area contributed by atoms with Gasteiger partial charge in [0.25, 0.3) is 0 Å². The van der Waals surface area contributed by atoms with Crippen molar-refractivity contribution in [2.24, 2.45) is 0 Å². The van der Waals surface area contributed by atoms with Crippen molar-refractivity contribution in [1.29, 1.82) is 0 Å². The van der Waals surface area contributed by atoms with Crippen LogP contribution in [0.15, 0.2) is 166 Å². The van der Waals surface area contributed by atoms with Crippen LogP contribution in [0.5, 0.6) is 80.5 Å². The van der Waals surface area contributed by atoms with Gasteiger partial charge in [-0.15, -0.1) is 0 Å². The molecule has 10 aromatic rings. The third-order valence-corrected chi connectivity index (χ3v) is 20.9. The molecule has 10 rings (SSSR count). The molecule has 0 aliphatic heterocycles. The minimum atomic E-state index is -4.43. The zero-order valence-electron chi connectivity index (χ0n) is 71.6. The van der Waals surface area contributed by atoms with Crippen molar-refractivity contribution in [1.82, 2.24) is 0 Å². The van der Waals surface area contributed by atoms with E-state index < -0.39 is 20.0 Å². The summed E-state index contributed by atoms with van der Waals surface area (Å²) in [5, 5.41) is 88.9. The van der Waals surface area contributed by atoms with Crippen LogP contribution in [-0.4, -0.2) is 127 Å². The zero-order valence-corrected chi connectivity index (χ0v) is 75.3. The summed E-state index contributed by atoms with van der Waals surface area (Å²) in [6.07, 6.45) is 0.770. The number of aryl methyl sites for hydroxylation is 10. The minimum absolute atomic E-state index is 0. The van der Waals surface area contributed by atoms with Gasteiger partial charge >= 0.3 is 29.6 Å². The molecule has 0 bridgehead atoms. The van der Waals surface area contributed by atoms with Crippen LogP contribution in [0.3, 0.4) is 0 Å². The molecule has 0 heterocycles. The molecule has 0 aromatic heterocycles. The molecule has 0 saturated heterocycles. The fraction of sp³-hybridized carbons (Fsp3) is 0.326. The summed E-state index contributed by atoms with van der Waals surface area (Å²) in [6.45, 7) is 36.5. The number of aromatic hydroxyl groups is 9. The second-order valence-electron chi connectivity index (χ2n) is 29.8. The second-order valence-corrected chi connectivity index (χ2v) is 33.1. The molecule has 22 nitrogen and oxygen atoms in total. The van der Waals surface area contributed by atoms with Gasteiger partial charge in [0, 0.05) is 64.0 Å². The van der Waals surface area contributed by atoms with Gasteiger partial charge in [0.15, 0.2) is 11.6 Å². The summed E-state index contributed by atoms with van der Waals surface area (Å²) < 4.78 is 88.3. The number of phenols is 9. The molecule has 0 aliphatic rings. The standard InChI is InChI=1S/C23H32O4.C17H20O4.C13H12O3S.C12H18O3.C10H12O2.C9H10O2.C8H10O4S.Na/c1-22(2,3)18-12-16(26-7)10-14(20(18)24)9-15-11-17(27-8)13-19(21(15)25)23(4,5)6;1-10-5-14(20-3)8-12(16(10)18)7-13-9-15(21-4)6-11(2)17(13)19;1-10-9-12(7-8-13(10)14)17(15,16)11-5-3-2-4-6-11;1-4-14-5-6-15-11-7-9(2)12(13)10(3)8-11;1-6-4-9(8(3)11)5-7(2)10(6)12;1-6-5-8(7(2)10)3-4-9(6)11;1-5-3-7(13(10,11)12)4-6(2)8(5)9;/h10-13,24-25H,9H2,1-8H3;5-6,8-9,18-19H,7H2,1-4H3;2-9,14H,1H3;7-8,13H,4-6H2,1-3H3;4-5,12H,1-3H3;3-5,11H,1-2H3;3-4,9H,1-2H3,(H,10,11,12);/q;;;;;;;+1/p-1. The summed E-state index contributed by atoms with van der Waals surface area (Å²) in [6, 6.07) is 41.2. The van der Waals surface area contributed by atoms with E-state index in [1.54, 1.807) is 135 Å². The number of phenolic OH excluding ortho intramolecular Hbond substituents is 9. The number of ether oxygens (including phenoxy) is 6. The number of rotatable bonds is 18. The van der Waals surface area contributed by atoms with Crippen LogP contribution in [0.2, 0.25) is 0 Å². The number of hydrogen-bond donors (Lipinski definition) is 9. The molecule has 0 fully saturated rings. The Bertz CT molecular complexity index is 5100. The van der Waals surface area contributed by atoms with E-state index >= 15 is 0 Å². The van der Waals surface area contributed by atoms with Crippen molar-refractivity contribution in [3.63, 3.8) is 0 Å². The average molecular weight is 1660 g/mol. The number of carbonyl (C=O) groups is 2. The molecule has 9 N–H and O–H groups in total. The van der Waals surface area contributed by atoms with E-state index in [0.29, 0.717) is 111 Å². The quantitative estimate of drug-likeness (QED) is 0.0167. The molecule has 0 amide bonds. The maximum atomic E-state index is 12.2. The van der Waals surface area contributed by atoms with E-state index in [4.69, 9.17) is 33.5 Å². The SMILES string of the molecule is CC(=O)c1cc(C)c(O)c(C)c1.CC(=O)c1ccc(O)c(C)c1.CCOCCOc1cc(C)c(O)c(C)c1.COc1cc(C)c(O)c(Cc2cc(OC)cc(C)c2O)c1.COc1cc(Cc2cc(OC)cc(C(C)(C)C)c2O)c(O)c(C(C)(C)C)c1.Cc1cc(S(=O)(=O)[O-])cc(C)c1O.Cc1cc(S(=O)(=O)c2ccccc2)ccc1O.[Na+]. The maximum absolute atomic E-state index is 12.2. The fourth-order valence-corrected chi connectivity index (χ4v) is 13.5. The van der Waals surface area contributed by atoms with Gasteiger partial charge < -0.3 is 78.9 Å². The largest absolute Gasteiger partial charge is 1.00 e. The predicted molar refractivity (Wildman–Crippen MR) is 451 cm³/mol. The van der Waals surface area contributed by atoms with Gasteiger partial charge in [-0.25, -0.2) is 16.8 Å². The van der Waals surface area contributed by atoms with Gasteiger partial charge in [-0.05, 0) is 290 Å². The molecule has 0 radical (unpaired) electrons. The van der Waals surface area contributed by atoms with E-state index in [1.807, 2.05) is 113 Å². The Kier molecular flexibility index (Phi) is 38.5. The summed E-state index contributed by atoms with van der Waals surface area (Å²) in [5.74, 6) is 5.44. The summed E-state index contributed by atoms with van der Waals surface area (Å²) in [7, 11) is -1.51. The molecule has 25 heteroatoms. The van der Waals surface area contributed by atoms with Crippen molar-refractivity contribution in [3.05, 3.63) is 252 Å². The fourth-order valence-electron chi connectivity index (χ4n) is 11.5. The molecule has 0 unspecified atom stereocenters. The van der Waals surface area contributed by atoms with Crippen molar-refractivity contribution in [3.8, 4) is 80.5 Å². The second kappa shape index (κ2) is 44.8. The first-order chi connectivity index (χ1) is 53.9. The van der Waals surface area contributed by atoms with E-state index in [9.17, 15) is 71.8 Å². The molecule has 0 aliphatic carbocycles. The van der Waals surface area contributed by atoms with Crippen LogP contribution in [0.1, 0.15) is 172 Å². The van der Waals surface area contributed by atoms with Gasteiger partial charge in [0.1, 0.15) is 97.2 Å². The first-order valence-electron chi connectivity index (χ1n) is 37.0. The molecule has 10 aromatic carbocycles. The number of Topliss-reactive ketones (excluding diaryl/α,β-unsaturated/α-hetero) is 2. The Morgan fingerprint density at radius 1 is 0.359 bits per heavy atom. The Morgan fingerprint density at radius 2 is 0.675 bits per heavy atom. The minimum Gasteiger partial charge on any atom is -0.744 e. The first kappa shape index (κ1) is 101. The molecule has 626 valence electrons. The summed E-state index contributed by atoms with van der Waals surface area (Å²) in [5.41, 5.74) is 12.0. The zero-order chi connectivity index (χ0) is 87.8. The number of methoxy groups -OCH3 is 4. The normalized spacial score (nSPS) is 10.9. The Morgan fingerprint density at radius 3 is 1.02 bits per heavy atom. The Balaban J connectivity index is 0.000000360. The van der Waals surface area contributed by atoms with Crippen LogP contribution in [0.25, 0.3) is 0 Å². The number of carbonyl (C=O) groups excluding carboxylic acids is 2. The van der Waals surface area contributed by atoms with Crippen molar-refractivity contribution >= 4 is 31.5 Å². The van der Waals surface area contributed by atoms with Crippen molar-refractivity contribution in [2.45, 2.75) is 170 Å². The first-order valence-corrected chi connectivity index (χ1v) is 39.9. The monoisotopic (exact) mass is 1660 g/mol. The molecule has 0 saturated carbocycles. The molecule has 0 atom stereocenters. The predicted octanol–water partition coefficient (Wildman–Crippen LogP) is 15.6. The van der Waals surface area contributed by atoms with E-state index in [-0.39, 0.29) is 113 Å². The van der Waals surface area contributed by atoms with Crippen molar-refractivity contribution < 1.29 is 135 Å².